The van der Waals surface area contributed by atoms with Gasteiger partial charge in [0.15, 0.2) is 0 Å². The molecule has 108 valence electrons. The summed E-state index contributed by atoms with van der Waals surface area (Å²) < 4.78 is 0. The first kappa shape index (κ1) is 14.8. The Kier molecular flexibility index (Phi) is 3.81. The van der Waals surface area contributed by atoms with Crippen LogP contribution in [0, 0.1) is 11.3 Å². The average Bonchev–Trinajstić information content (AvgIpc) is 2.45. The van der Waals surface area contributed by atoms with Crippen molar-refractivity contribution in [2.45, 2.75) is 32.9 Å². The van der Waals surface area contributed by atoms with E-state index in [4.69, 9.17) is 5.26 Å². The minimum atomic E-state index is -0.490. The standard InChI is InChI=1S/C16H17N3O2/c1-16(2,3)19-13-12(14(20)15(13)21)18-9-11-6-4-10(8-17)5-7-11/h4-7,18-19H,9H2,1-3H3. The molecule has 0 radical (unpaired) electrons. The fraction of sp³-hybridized carbons (Fsp3) is 0.312. The zero-order valence-electron chi connectivity index (χ0n) is 12.3. The summed E-state index contributed by atoms with van der Waals surface area (Å²) >= 11 is 0. The predicted molar refractivity (Wildman–Crippen MR) is 83.2 cm³/mol. The summed E-state index contributed by atoms with van der Waals surface area (Å²) in [4.78, 5) is 23.2. The molecule has 2 aromatic carbocycles. The van der Waals surface area contributed by atoms with Gasteiger partial charge in [-0.05, 0) is 38.5 Å². The van der Waals surface area contributed by atoms with Gasteiger partial charge in [-0.25, -0.2) is 0 Å². The van der Waals surface area contributed by atoms with Crippen LogP contribution in [0.3, 0.4) is 0 Å². The van der Waals surface area contributed by atoms with Crippen LogP contribution in [0.2, 0.25) is 0 Å². The Hall–Kier alpha value is -2.61. The molecule has 0 unspecified atom stereocenters. The maximum Gasteiger partial charge on any atom is 0.253 e. The summed E-state index contributed by atoms with van der Waals surface area (Å²) in [5.74, 6) is 0. The Morgan fingerprint density at radius 1 is 1.05 bits per heavy atom. The molecule has 0 bridgehead atoms. The van der Waals surface area contributed by atoms with Gasteiger partial charge in [0.25, 0.3) is 10.9 Å². The molecule has 5 heteroatoms. The Morgan fingerprint density at radius 2 is 1.62 bits per heavy atom. The summed E-state index contributed by atoms with van der Waals surface area (Å²) in [6.45, 7) is 6.20. The van der Waals surface area contributed by atoms with E-state index in [1.54, 1.807) is 12.1 Å². The van der Waals surface area contributed by atoms with Crippen LogP contribution in [-0.4, -0.2) is 5.54 Å². The lowest BCUT2D eigenvalue weighted by atomic mass is 10.1. The Bertz CT molecular complexity index is 755. The van der Waals surface area contributed by atoms with Crippen LogP contribution in [0.15, 0.2) is 33.9 Å². The van der Waals surface area contributed by atoms with Gasteiger partial charge in [-0.1, -0.05) is 12.1 Å². The van der Waals surface area contributed by atoms with Crippen LogP contribution in [-0.2, 0) is 6.54 Å². The molecule has 0 fully saturated rings. The van der Waals surface area contributed by atoms with Crippen LogP contribution >= 0.6 is 0 Å². The van der Waals surface area contributed by atoms with Crippen molar-refractivity contribution in [3.05, 3.63) is 55.8 Å². The maximum absolute atomic E-state index is 11.6. The molecule has 0 amide bonds. The lowest BCUT2D eigenvalue weighted by molar-refractivity contribution is 0.632. The van der Waals surface area contributed by atoms with Gasteiger partial charge in [0.05, 0.1) is 11.6 Å². The summed E-state index contributed by atoms with van der Waals surface area (Å²) in [5.41, 5.74) is 0.947. The van der Waals surface area contributed by atoms with Crippen molar-refractivity contribution in [2.75, 3.05) is 10.6 Å². The molecule has 2 aromatic rings. The normalized spacial score (nSPS) is 11.1. The summed E-state index contributed by atoms with van der Waals surface area (Å²) in [5, 5.41) is 14.8. The van der Waals surface area contributed by atoms with Gasteiger partial charge in [-0.3, -0.25) is 9.59 Å². The average molecular weight is 283 g/mol. The minimum Gasteiger partial charge on any atom is -0.376 e. The van der Waals surface area contributed by atoms with Crippen LogP contribution < -0.4 is 21.5 Å². The van der Waals surface area contributed by atoms with Crippen LogP contribution in [0.1, 0.15) is 31.9 Å². The van der Waals surface area contributed by atoms with Crippen molar-refractivity contribution in [1.82, 2.24) is 0 Å². The van der Waals surface area contributed by atoms with E-state index in [1.807, 2.05) is 39.0 Å². The summed E-state index contributed by atoms with van der Waals surface area (Å²) in [6.07, 6.45) is 0. The molecule has 0 aliphatic heterocycles. The van der Waals surface area contributed by atoms with E-state index < -0.39 is 10.9 Å². The highest BCUT2D eigenvalue weighted by atomic mass is 16.2. The molecule has 0 spiro atoms. The number of rotatable bonds is 4. The number of hydrogen-bond donors (Lipinski definition) is 2. The van der Waals surface area contributed by atoms with Gasteiger partial charge in [0, 0.05) is 12.1 Å². The first-order valence-corrected chi connectivity index (χ1v) is 6.66. The molecule has 0 aromatic heterocycles. The number of nitrogens with one attached hydrogen (secondary N) is 2. The van der Waals surface area contributed by atoms with Crippen molar-refractivity contribution in [3.63, 3.8) is 0 Å². The highest BCUT2D eigenvalue weighted by Crippen LogP contribution is 2.20. The fourth-order valence-electron chi connectivity index (χ4n) is 1.94. The third-order valence-corrected chi connectivity index (χ3v) is 2.96. The predicted octanol–water partition coefficient (Wildman–Crippen LogP) is 1.98. The number of anilines is 2. The van der Waals surface area contributed by atoms with E-state index in [0.29, 0.717) is 23.5 Å². The minimum absolute atomic E-state index is 0.285. The monoisotopic (exact) mass is 283 g/mol. The Balaban J connectivity index is 2.10. The van der Waals surface area contributed by atoms with E-state index in [0.717, 1.165) is 5.56 Å². The van der Waals surface area contributed by atoms with Gasteiger partial charge in [0.2, 0.25) is 0 Å². The molecule has 5 nitrogen and oxygen atoms in total. The molecule has 2 rings (SSSR count). The largest absolute Gasteiger partial charge is 0.376 e. The number of hydrogen-bond acceptors (Lipinski definition) is 5. The third-order valence-electron chi connectivity index (χ3n) is 2.96. The van der Waals surface area contributed by atoms with E-state index in [1.165, 1.54) is 0 Å². The van der Waals surface area contributed by atoms with Gasteiger partial charge >= 0.3 is 0 Å². The first-order chi connectivity index (χ1) is 9.81. The number of benzene rings is 1. The zero-order chi connectivity index (χ0) is 15.6. The van der Waals surface area contributed by atoms with Crippen molar-refractivity contribution < 1.29 is 0 Å². The van der Waals surface area contributed by atoms with Gasteiger partial charge in [0.1, 0.15) is 11.4 Å². The molecule has 0 heterocycles. The Labute approximate surface area is 122 Å². The van der Waals surface area contributed by atoms with Crippen LogP contribution in [0.5, 0.6) is 0 Å². The lowest BCUT2D eigenvalue weighted by Gasteiger charge is -2.24. The molecule has 21 heavy (non-hydrogen) atoms. The van der Waals surface area contributed by atoms with E-state index in [2.05, 4.69) is 10.6 Å². The van der Waals surface area contributed by atoms with Gasteiger partial charge < -0.3 is 10.6 Å². The second-order valence-electron chi connectivity index (χ2n) is 5.95. The lowest BCUT2D eigenvalue weighted by Crippen LogP contribution is -2.41. The van der Waals surface area contributed by atoms with E-state index >= 15 is 0 Å². The first-order valence-electron chi connectivity index (χ1n) is 6.66. The van der Waals surface area contributed by atoms with Gasteiger partial charge in [-0.15, -0.1) is 0 Å². The maximum atomic E-state index is 11.6. The molecule has 0 atom stereocenters. The molecule has 0 aliphatic carbocycles. The summed E-state index contributed by atoms with van der Waals surface area (Å²) in [6, 6.07) is 9.11. The molecular weight excluding hydrogens is 266 g/mol. The molecule has 0 saturated heterocycles. The SMILES string of the molecule is CC(C)(C)Nc1c(NCc2ccc(C#N)cc2)c(=O)c1=O. The highest BCUT2D eigenvalue weighted by Gasteiger charge is 2.24. The van der Waals surface area contributed by atoms with Crippen LogP contribution in [0.4, 0.5) is 11.4 Å². The molecule has 2 N–H and O–H groups in total. The smallest absolute Gasteiger partial charge is 0.253 e. The van der Waals surface area contributed by atoms with E-state index in [-0.39, 0.29) is 5.54 Å². The van der Waals surface area contributed by atoms with Crippen molar-refractivity contribution in [2.24, 2.45) is 0 Å². The second-order valence-corrected chi connectivity index (χ2v) is 5.95. The Morgan fingerprint density at radius 3 is 2.14 bits per heavy atom. The topological polar surface area (TPSA) is 82.0 Å². The van der Waals surface area contributed by atoms with Crippen LogP contribution in [0.25, 0.3) is 0 Å². The highest BCUT2D eigenvalue weighted by molar-refractivity contribution is 5.74. The van der Waals surface area contributed by atoms with Gasteiger partial charge in [-0.2, -0.15) is 5.26 Å². The summed E-state index contributed by atoms with van der Waals surface area (Å²) in [7, 11) is 0. The zero-order valence-corrected chi connectivity index (χ0v) is 12.3. The quantitative estimate of drug-likeness (QED) is 0.838. The molecule has 0 aliphatic rings. The van der Waals surface area contributed by atoms with Crippen molar-refractivity contribution in [1.29, 1.82) is 5.26 Å². The fourth-order valence-corrected chi connectivity index (χ4v) is 1.94. The molecular formula is C16H17N3O2. The van der Waals surface area contributed by atoms with Crippen molar-refractivity contribution in [3.8, 4) is 6.07 Å². The molecule has 0 saturated carbocycles. The van der Waals surface area contributed by atoms with Crippen molar-refractivity contribution >= 4 is 11.4 Å². The number of nitriles is 1. The third kappa shape index (κ3) is 3.29. The number of nitrogens with zero attached hydrogens (tertiary/aromatic N) is 1. The van der Waals surface area contributed by atoms with E-state index in [9.17, 15) is 9.59 Å². The second kappa shape index (κ2) is 5.41.